The Hall–Kier alpha value is -1.92. The molecule has 1 aliphatic heterocycles. The van der Waals surface area contributed by atoms with Gasteiger partial charge in [-0.2, -0.15) is 0 Å². The summed E-state index contributed by atoms with van der Waals surface area (Å²) < 4.78 is 5.35. The molecule has 7 heteroatoms. The molecule has 0 aromatic carbocycles. The summed E-state index contributed by atoms with van der Waals surface area (Å²) in [6.45, 7) is 3.63. The third-order valence-corrected chi connectivity index (χ3v) is 3.37. The molecule has 2 aromatic heterocycles. The zero-order valence-corrected chi connectivity index (χ0v) is 12.3. The van der Waals surface area contributed by atoms with Crippen molar-refractivity contribution < 1.29 is 4.74 Å². The maximum Gasteiger partial charge on any atom is 0.226 e. The van der Waals surface area contributed by atoms with Crippen LogP contribution >= 0.6 is 11.6 Å². The van der Waals surface area contributed by atoms with E-state index >= 15 is 0 Å². The summed E-state index contributed by atoms with van der Waals surface area (Å²) >= 11 is 6.02. The van der Waals surface area contributed by atoms with Gasteiger partial charge in [0.15, 0.2) is 0 Å². The molecule has 0 saturated carbocycles. The average Bonchev–Trinajstić information content (AvgIpc) is 2.54. The standard InChI is InChI=1S/C14H16ClN5O/c15-14-18-12(17-10-11-3-1-2-4-16-11)9-13(19-14)20-5-7-21-8-6-20/h1-4,9H,5-8,10H2,(H,17,18,19). The Kier molecular flexibility index (Phi) is 4.47. The van der Waals surface area contributed by atoms with Crippen LogP contribution in [-0.4, -0.2) is 41.3 Å². The van der Waals surface area contributed by atoms with Crippen LogP contribution in [0.2, 0.25) is 5.28 Å². The lowest BCUT2D eigenvalue weighted by molar-refractivity contribution is 0.122. The number of rotatable bonds is 4. The van der Waals surface area contributed by atoms with Crippen LogP contribution in [0.15, 0.2) is 30.5 Å². The van der Waals surface area contributed by atoms with Gasteiger partial charge < -0.3 is 15.0 Å². The first-order valence-electron chi connectivity index (χ1n) is 6.82. The van der Waals surface area contributed by atoms with Crippen LogP contribution in [0.4, 0.5) is 11.6 Å². The van der Waals surface area contributed by atoms with Gasteiger partial charge in [-0.15, -0.1) is 0 Å². The maximum atomic E-state index is 6.02. The molecule has 0 radical (unpaired) electrons. The van der Waals surface area contributed by atoms with Crippen LogP contribution in [0.5, 0.6) is 0 Å². The van der Waals surface area contributed by atoms with E-state index in [1.54, 1.807) is 6.20 Å². The first-order chi connectivity index (χ1) is 10.3. The number of hydrogen-bond donors (Lipinski definition) is 1. The highest BCUT2D eigenvalue weighted by atomic mass is 35.5. The summed E-state index contributed by atoms with van der Waals surface area (Å²) in [5.41, 5.74) is 0.945. The van der Waals surface area contributed by atoms with Crippen molar-refractivity contribution in [3.8, 4) is 0 Å². The predicted molar refractivity (Wildman–Crippen MR) is 81.6 cm³/mol. The van der Waals surface area contributed by atoms with Gasteiger partial charge >= 0.3 is 0 Å². The maximum absolute atomic E-state index is 6.02. The molecule has 0 spiro atoms. The summed E-state index contributed by atoms with van der Waals surface area (Å²) in [5, 5.41) is 3.46. The summed E-state index contributed by atoms with van der Waals surface area (Å²) in [5.74, 6) is 1.52. The summed E-state index contributed by atoms with van der Waals surface area (Å²) in [7, 11) is 0. The molecule has 110 valence electrons. The minimum absolute atomic E-state index is 0.238. The highest BCUT2D eigenvalue weighted by Gasteiger charge is 2.14. The van der Waals surface area contributed by atoms with Crippen molar-refractivity contribution in [2.75, 3.05) is 36.5 Å². The van der Waals surface area contributed by atoms with Gasteiger partial charge in [-0.3, -0.25) is 4.98 Å². The molecule has 0 bridgehead atoms. The van der Waals surface area contributed by atoms with Crippen LogP contribution in [0.1, 0.15) is 5.69 Å². The van der Waals surface area contributed by atoms with Crippen LogP contribution in [0.3, 0.4) is 0 Å². The molecule has 3 rings (SSSR count). The molecule has 3 heterocycles. The van der Waals surface area contributed by atoms with Gasteiger partial charge in [-0.05, 0) is 23.7 Å². The predicted octanol–water partition coefficient (Wildman–Crippen LogP) is 1.97. The summed E-state index contributed by atoms with van der Waals surface area (Å²) in [6.07, 6.45) is 1.77. The number of nitrogens with zero attached hydrogens (tertiary/aromatic N) is 4. The van der Waals surface area contributed by atoms with Crippen molar-refractivity contribution in [2.45, 2.75) is 6.54 Å². The number of aromatic nitrogens is 3. The molecule has 6 nitrogen and oxygen atoms in total. The second-order valence-electron chi connectivity index (χ2n) is 4.65. The number of pyridine rings is 1. The Bertz CT molecular complexity index is 589. The Labute approximate surface area is 128 Å². The topological polar surface area (TPSA) is 63.2 Å². The Morgan fingerprint density at radius 2 is 2.10 bits per heavy atom. The van der Waals surface area contributed by atoms with Gasteiger partial charge in [-0.25, -0.2) is 9.97 Å². The molecule has 21 heavy (non-hydrogen) atoms. The molecule has 0 aliphatic carbocycles. The number of ether oxygens (including phenoxy) is 1. The first kappa shape index (κ1) is 14.0. The van der Waals surface area contributed by atoms with Gasteiger partial charge in [0.1, 0.15) is 11.6 Å². The Morgan fingerprint density at radius 1 is 1.24 bits per heavy atom. The van der Waals surface area contributed by atoms with Crippen molar-refractivity contribution in [3.63, 3.8) is 0 Å². The van der Waals surface area contributed by atoms with Crippen molar-refractivity contribution in [2.24, 2.45) is 0 Å². The third-order valence-electron chi connectivity index (χ3n) is 3.20. The Morgan fingerprint density at radius 3 is 2.86 bits per heavy atom. The van der Waals surface area contributed by atoms with E-state index in [0.717, 1.165) is 24.6 Å². The van der Waals surface area contributed by atoms with E-state index in [4.69, 9.17) is 16.3 Å². The van der Waals surface area contributed by atoms with Crippen molar-refractivity contribution in [1.82, 2.24) is 15.0 Å². The van der Waals surface area contributed by atoms with Gasteiger partial charge in [-0.1, -0.05) is 6.07 Å². The fourth-order valence-electron chi connectivity index (χ4n) is 2.13. The molecule has 1 aliphatic rings. The SMILES string of the molecule is Clc1nc(NCc2ccccn2)cc(N2CCOCC2)n1. The van der Waals surface area contributed by atoms with E-state index in [2.05, 4.69) is 25.2 Å². The molecule has 0 amide bonds. The van der Waals surface area contributed by atoms with E-state index in [0.29, 0.717) is 25.6 Å². The van der Waals surface area contributed by atoms with E-state index in [9.17, 15) is 0 Å². The molecule has 0 unspecified atom stereocenters. The Balaban J connectivity index is 1.71. The fourth-order valence-corrected chi connectivity index (χ4v) is 2.31. The molecule has 1 saturated heterocycles. The van der Waals surface area contributed by atoms with Gasteiger partial charge in [0.05, 0.1) is 25.5 Å². The minimum atomic E-state index is 0.238. The number of hydrogen-bond acceptors (Lipinski definition) is 6. The van der Waals surface area contributed by atoms with E-state index in [1.807, 2.05) is 24.3 Å². The van der Waals surface area contributed by atoms with Crippen LogP contribution < -0.4 is 10.2 Å². The third kappa shape index (κ3) is 3.80. The normalized spacial score (nSPS) is 15.0. The van der Waals surface area contributed by atoms with Crippen LogP contribution in [-0.2, 0) is 11.3 Å². The lowest BCUT2D eigenvalue weighted by atomic mass is 10.3. The number of halogens is 1. The zero-order chi connectivity index (χ0) is 14.5. The second-order valence-corrected chi connectivity index (χ2v) is 4.99. The number of nitrogens with one attached hydrogen (secondary N) is 1. The van der Waals surface area contributed by atoms with Gasteiger partial charge in [0, 0.05) is 25.4 Å². The largest absolute Gasteiger partial charge is 0.378 e. The molecular formula is C14H16ClN5O. The van der Waals surface area contributed by atoms with Crippen molar-refractivity contribution in [3.05, 3.63) is 41.4 Å². The molecule has 0 atom stereocenters. The number of morpholine rings is 1. The van der Waals surface area contributed by atoms with E-state index < -0.39 is 0 Å². The summed E-state index contributed by atoms with van der Waals surface area (Å²) in [4.78, 5) is 14.9. The van der Waals surface area contributed by atoms with Gasteiger partial charge in [0.25, 0.3) is 0 Å². The summed E-state index contributed by atoms with van der Waals surface area (Å²) in [6, 6.07) is 7.70. The molecule has 1 fully saturated rings. The van der Waals surface area contributed by atoms with Crippen molar-refractivity contribution in [1.29, 1.82) is 0 Å². The quantitative estimate of drug-likeness (QED) is 0.871. The van der Waals surface area contributed by atoms with Crippen LogP contribution in [0.25, 0.3) is 0 Å². The van der Waals surface area contributed by atoms with Crippen molar-refractivity contribution >= 4 is 23.2 Å². The van der Waals surface area contributed by atoms with Gasteiger partial charge in [0.2, 0.25) is 5.28 Å². The fraction of sp³-hybridized carbons (Fsp3) is 0.357. The second kappa shape index (κ2) is 6.69. The lowest BCUT2D eigenvalue weighted by Crippen LogP contribution is -2.36. The zero-order valence-electron chi connectivity index (χ0n) is 11.5. The highest BCUT2D eigenvalue weighted by molar-refractivity contribution is 6.28. The monoisotopic (exact) mass is 305 g/mol. The van der Waals surface area contributed by atoms with E-state index in [1.165, 1.54) is 0 Å². The van der Waals surface area contributed by atoms with E-state index in [-0.39, 0.29) is 5.28 Å². The minimum Gasteiger partial charge on any atom is -0.378 e. The molecular weight excluding hydrogens is 290 g/mol. The average molecular weight is 306 g/mol. The first-order valence-corrected chi connectivity index (χ1v) is 7.20. The highest BCUT2D eigenvalue weighted by Crippen LogP contribution is 2.19. The number of anilines is 2. The smallest absolute Gasteiger partial charge is 0.226 e. The van der Waals surface area contributed by atoms with Crippen LogP contribution in [0, 0.1) is 0 Å². The molecule has 1 N–H and O–H groups in total. The molecule has 2 aromatic rings. The lowest BCUT2D eigenvalue weighted by Gasteiger charge is -2.28.